The van der Waals surface area contributed by atoms with Gasteiger partial charge in [0.15, 0.2) is 0 Å². The van der Waals surface area contributed by atoms with Crippen molar-refractivity contribution in [2.75, 3.05) is 25.5 Å². The zero-order chi connectivity index (χ0) is 14.4. The minimum Gasteiger partial charge on any atom is -0.396 e. The quantitative estimate of drug-likeness (QED) is 0.760. The molecule has 0 saturated heterocycles. The highest BCUT2D eigenvalue weighted by molar-refractivity contribution is 7.21. The molecule has 2 aromatic rings. The number of thiophene rings is 1. The Morgan fingerprint density at radius 1 is 1.40 bits per heavy atom. The average molecular weight is 294 g/mol. The van der Waals surface area contributed by atoms with Crippen molar-refractivity contribution in [2.45, 2.75) is 19.8 Å². The van der Waals surface area contributed by atoms with Crippen LogP contribution in [0.15, 0.2) is 12.4 Å². The first-order valence-electron chi connectivity index (χ1n) is 6.59. The number of carbonyl (C=O) groups excluding carboxylic acids is 1. The summed E-state index contributed by atoms with van der Waals surface area (Å²) in [7, 11) is 0. The number of nitrogens with zero attached hydrogens (tertiary/aromatic N) is 2. The number of hydrogen-bond donors (Lipinski definition) is 2. The largest absolute Gasteiger partial charge is 0.396 e. The third kappa shape index (κ3) is 3.43. The molecule has 0 bridgehead atoms. The summed E-state index contributed by atoms with van der Waals surface area (Å²) in [6, 6.07) is 0. The van der Waals surface area contributed by atoms with E-state index >= 15 is 0 Å². The summed E-state index contributed by atoms with van der Waals surface area (Å²) in [5.74, 6) is -0.178. The maximum atomic E-state index is 12.0. The first-order chi connectivity index (χ1) is 9.74. The number of nitrogen functional groups attached to an aromatic ring is 1. The number of rotatable bonds is 7. The van der Waals surface area contributed by atoms with E-state index < -0.39 is 0 Å². The van der Waals surface area contributed by atoms with Crippen LogP contribution in [0.4, 0.5) is 5.69 Å². The van der Waals surface area contributed by atoms with Gasteiger partial charge in [-0.25, -0.2) is 9.97 Å². The van der Waals surface area contributed by atoms with Crippen LogP contribution in [-0.4, -0.2) is 35.6 Å². The lowest BCUT2D eigenvalue weighted by atomic mass is 10.3. The van der Waals surface area contributed by atoms with Gasteiger partial charge in [-0.3, -0.25) is 4.79 Å². The lowest BCUT2D eigenvalue weighted by Crippen LogP contribution is -2.25. The Morgan fingerprint density at radius 2 is 2.20 bits per heavy atom. The number of nitrogens with two attached hydrogens (primary N) is 1. The third-order valence-corrected chi connectivity index (χ3v) is 3.77. The van der Waals surface area contributed by atoms with E-state index in [0.717, 1.165) is 19.4 Å². The monoisotopic (exact) mass is 294 g/mol. The second-order valence-corrected chi connectivity index (χ2v) is 5.28. The molecule has 2 heterocycles. The Labute approximate surface area is 121 Å². The molecule has 0 unspecified atom stereocenters. The summed E-state index contributed by atoms with van der Waals surface area (Å²) in [5, 5.41) is 2.83. The van der Waals surface area contributed by atoms with Gasteiger partial charge in [0.25, 0.3) is 5.91 Å². The third-order valence-electron chi connectivity index (χ3n) is 2.67. The molecular weight excluding hydrogens is 276 g/mol. The van der Waals surface area contributed by atoms with Crippen molar-refractivity contribution in [3.63, 3.8) is 0 Å². The van der Waals surface area contributed by atoms with E-state index in [1.807, 2.05) is 0 Å². The smallest absolute Gasteiger partial charge is 0.263 e. The van der Waals surface area contributed by atoms with Gasteiger partial charge in [0.05, 0.1) is 5.69 Å². The molecule has 0 atom stereocenters. The van der Waals surface area contributed by atoms with Gasteiger partial charge in [0, 0.05) is 32.2 Å². The second kappa shape index (κ2) is 7.16. The summed E-state index contributed by atoms with van der Waals surface area (Å²) >= 11 is 1.26. The minimum atomic E-state index is -0.178. The lowest BCUT2D eigenvalue weighted by Gasteiger charge is -2.04. The van der Waals surface area contributed by atoms with Gasteiger partial charge in [0.1, 0.15) is 15.2 Å². The Balaban J connectivity index is 1.89. The maximum absolute atomic E-state index is 12.0. The predicted molar refractivity (Wildman–Crippen MR) is 79.9 cm³/mol. The first-order valence-corrected chi connectivity index (χ1v) is 7.40. The number of aromatic nitrogens is 2. The molecule has 108 valence electrons. The molecule has 3 N–H and O–H groups in total. The van der Waals surface area contributed by atoms with E-state index in [1.54, 1.807) is 12.4 Å². The molecule has 0 aliphatic heterocycles. The summed E-state index contributed by atoms with van der Waals surface area (Å²) in [4.78, 5) is 21.5. The normalized spacial score (nSPS) is 10.8. The lowest BCUT2D eigenvalue weighted by molar-refractivity contribution is 0.0946. The van der Waals surface area contributed by atoms with Gasteiger partial charge < -0.3 is 15.8 Å². The molecule has 0 fully saturated rings. The number of anilines is 1. The van der Waals surface area contributed by atoms with Crippen LogP contribution in [-0.2, 0) is 4.74 Å². The number of carbonyl (C=O) groups is 1. The Hall–Kier alpha value is -1.73. The van der Waals surface area contributed by atoms with Crippen LogP contribution in [0, 0.1) is 0 Å². The zero-order valence-corrected chi connectivity index (χ0v) is 12.2. The van der Waals surface area contributed by atoms with Crippen LogP contribution in [0.1, 0.15) is 29.4 Å². The maximum Gasteiger partial charge on any atom is 0.263 e. The van der Waals surface area contributed by atoms with Crippen molar-refractivity contribution in [3.8, 4) is 0 Å². The number of ether oxygens (including phenoxy) is 1. The van der Waals surface area contributed by atoms with Crippen LogP contribution in [0.5, 0.6) is 0 Å². The first kappa shape index (κ1) is 14.7. The van der Waals surface area contributed by atoms with Crippen molar-refractivity contribution >= 4 is 33.3 Å². The standard InChI is InChI=1S/C13H18N4O2S/c1-2-7-19-8-3-4-16-12(18)11-9(14)10-13(20-11)17-6-5-15-10/h5-6H,2-4,7-8,14H2,1H3,(H,16,18). The molecule has 0 aromatic carbocycles. The molecule has 6 nitrogen and oxygen atoms in total. The topological polar surface area (TPSA) is 90.1 Å². The van der Waals surface area contributed by atoms with Crippen LogP contribution in [0.3, 0.4) is 0 Å². The fourth-order valence-electron chi connectivity index (χ4n) is 1.72. The number of fused-ring (bicyclic) bond motifs is 1. The molecule has 1 amide bonds. The molecule has 0 saturated carbocycles. The molecular formula is C13H18N4O2S. The van der Waals surface area contributed by atoms with Crippen LogP contribution >= 0.6 is 11.3 Å². The van der Waals surface area contributed by atoms with Gasteiger partial charge in [-0.1, -0.05) is 6.92 Å². The highest BCUT2D eigenvalue weighted by Gasteiger charge is 2.17. The minimum absolute atomic E-state index is 0.178. The summed E-state index contributed by atoms with van der Waals surface area (Å²) in [5.41, 5.74) is 6.92. The highest BCUT2D eigenvalue weighted by Crippen LogP contribution is 2.30. The van der Waals surface area contributed by atoms with Gasteiger partial charge in [-0.15, -0.1) is 11.3 Å². The van der Waals surface area contributed by atoms with E-state index in [9.17, 15) is 4.79 Å². The molecule has 20 heavy (non-hydrogen) atoms. The average Bonchev–Trinajstić information content (AvgIpc) is 2.80. The molecule has 0 radical (unpaired) electrons. The van der Waals surface area contributed by atoms with Gasteiger partial charge in [-0.2, -0.15) is 0 Å². The Morgan fingerprint density at radius 3 is 2.95 bits per heavy atom. The van der Waals surface area contributed by atoms with Crippen LogP contribution < -0.4 is 11.1 Å². The van der Waals surface area contributed by atoms with E-state index in [1.165, 1.54) is 11.3 Å². The van der Waals surface area contributed by atoms with Crippen molar-refractivity contribution in [3.05, 3.63) is 17.3 Å². The van der Waals surface area contributed by atoms with E-state index in [-0.39, 0.29) is 5.91 Å². The zero-order valence-electron chi connectivity index (χ0n) is 11.4. The molecule has 7 heteroatoms. The number of nitrogens with one attached hydrogen (secondary N) is 1. The SMILES string of the molecule is CCCOCCCNC(=O)c1sc2nccnc2c1N. The fraction of sp³-hybridized carbons (Fsp3) is 0.462. The molecule has 0 aliphatic rings. The van der Waals surface area contributed by atoms with Gasteiger partial charge >= 0.3 is 0 Å². The second-order valence-electron chi connectivity index (χ2n) is 4.28. The number of hydrogen-bond acceptors (Lipinski definition) is 6. The number of amides is 1. The predicted octanol–water partition coefficient (Wildman–Crippen LogP) is 1.82. The fourth-order valence-corrected chi connectivity index (χ4v) is 2.65. The molecule has 0 aliphatic carbocycles. The molecule has 0 spiro atoms. The summed E-state index contributed by atoms with van der Waals surface area (Å²) in [6.45, 7) is 4.04. The van der Waals surface area contributed by atoms with E-state index in [0.29, 0.717) is 34.1 Å². The Kier molecular flexibility index (Phi) is 5.25. The van der Waals surface area contributed by atoms with Gasteiger partial charge in [-0.05, 0) is 12.8 Å². The van der Waals surface area contributed by atoms with Crippen molar-refractivity contribution in [2.24, 2.45) is 0 Å². The van der Waals surface area contributed by atoms with Crippen LogP contribution in [0.2, 0.25) is 0 Å². The van der Waals surface area contributed by atoms with E-state index in [4.69, 9.17) is 10.5 Å². The summed E-state index contributed by atoms with van der Waals surface area (Å²) in [6.07, 6.45) is 4.95. The highest BCUT2D eigenvalue weighted by atomic mass is 32.1. The van der Waals surface area contributed by atoms with Crippen LogP contribution in [0.25, 0.3) is 10.3 Å². The van der Waals surface area contributed by atoms with Crippen molar-refractivity contribution in [1.82, 2.24) is 15.3 Å². The van der Waals surface area contributed by atoms with Gasteiger partial charge in [0.2, 0.25) is 0 Å². The van der Waals surface area contributed by atoms with Crippen molar-refractivity contribution < 1.29 is 9.53 Å². The molecule has 2 rings (SSSR count). The van der Waals surface area contributed by atoms with E-state index in [2.05, 4.69) is 22.2 Å². The molecule has 2 aromatic heterocycles. The van der Waals surface area contributed by atoms with Crippen molar-refractivity contribution in [1.29, 1.82) is 0 Å². The summed E-state index contributed by atoms with van der Waals surface area (Å²) < 4.78 is 5.35. The Bertz CT molecular complexity index is 585.